The summed E-state index contributed by atoms with van der Waals surface area (Å²) in [6.45, 7) is 0. The zero-order chi connectivity index (χ0) is 20.9. The van der Waals surface area contributed by atoms with Gasteiger partial charge in [-0.25, -0.2) is 12.8 Å². The third-order valence-corrected chi connectivity index (χ3v) is 5.38. The molecule has 0 heterocycles. The van der Waals surface area contributed by atoms with Gasteiger partial charge in [0.2, 0.25) is 0 Å². The van der Waals surface area contributed by atoms with Crippen molar-refractivity contribution in [3.8, 4) is 0 Å². The largest absolute Gasteiger partial charge is 0.332 e. The molecule has 0 aliphatic rings. The normalized spacial score (nSPS) is 10.8. The molecule has 29 heavy (non-hydrogen) atoms. The number of sulfonamides is 1. The molecular formula is C20H16FN3O3S2. The minimum Gasteiger partial charge on any atom is -0.332 e. The number of nitrogens with one attached hydrogen (secondary N) is 3. The maximum absolute atomic E-state index is 12.9. The molecule has 3 rings (SSSR count). The number of hydrogen-bond donors (Lipinski definition) is 3. The van der Waals surface area contributed by atoms with Gasteiger partial charge in [-0.3, -0.25) is 14.8 Å². The van der Waals surface area contributed by atoms with Gasteiger partial charge in [0, 0.05) is 16.9 Å². The standard InChI is InChI=1S/C20H16FN3O3S2/c21-15-8-6-14(7-9-15)19(25)23-20(28)22-16-10-12-18(13-11-16)29(26,27)24-17-4-2-1-3-5-17/h1-13,24H,(H2,22,23,25,28). The van der Waals surface area contributed by atoms with Crippen LogP contribution in [-0.2, 0) is 10.0 Å². The summed E-state index contributed by atoms with van der Waals surface area (Å²) in [5.74, 6) is -0.937. The first-order chi connectivity index (χ1) is 13.8. The highest BCUT2D eigenvalue weighted by atomic mass is 32.2. The average Bonchev–Trinajstić information content (AvgIpc) is 2.69. The predicted molar refractivity (Wildman–Crippen MR) is 114 cm³/mol. The summed E-state index contributed by atoms with van der Waals surface area (Å²) in [6, 6.07) is 19.4. The fraction of sp³-hybridized carbons (Fsp3) is 0. The van der Waals surface area contributed by atoms with Gasteiger partial charge in [0.25, 0.3) is 15.9 Å². The summed E-state index contributed by atoms with van der Waals surface area (Å²) >= 11 is 5.08. The number of para-hydroxylation sites is 1. The molecule has 3 aromatic carbocycles. The van der Waals surface area contributed by atoms with E-state index in [4.69, 9.17) is 12.2 Å². The van der Waals surface area contributed by atoms with Crippen LogP contribution < -0.4 is 15.4 Å². The topological polar surface area (TPSA) is 87.3 Å². The number of carbonyl (C=O) groups excluding carboxylic acids is 1. The summed E-state index contributed by atoms with van der Waals surface area (Å²) in [7, 11) is -3.73. The molecule has 0 atom stereocenters. The number of benzene rings is 3. The van der Waals surface area contributed by atoms with Crippen molar-refractivity contribution in [3.63, 3.8) is 0 Å². The molecule has 0 aliphatic heterocycles. The van der Waals surface area contributed by atoms with Crippen molar-refractivity contribution in [1.82, 2.24) is 5.32 Å². The van der Waals surface area contributed by atoms with Crippen LogP contribution in [0.5, 0.6) is 0 Å². The van der Waals surface area contributed by atoms with Crippen LogP contribution in [0.1, 0.15) is 10.4 Å². The lowest BCUT2D eigenvalue weighted by atomic mass is 10.2. The Morgan fingerprint density at radius 2 is 1.45 bits per heavy atom. The molecule has 0 radical (unpaired) electrons. The lowest BCUT2D eigenvalue weighted by Gasteiger charge is -2.11. The lowest BCUT2D eigenvalue weighted by Crippen LogP contribution is -2.34. The van der Waals surface area contributed by atoms with E-state index in [1.165, 1.54) is 48.5 Å². The molecule has 0 unspecified atom stereocenters. The van der Waals surface area contributed by atoms with Crippen LogP contribution >= 0.6 is 12.2 Å². The van der Waals surface area contributed by atoms with Crippen LogP contribution in [0, 0.1) is 5.82 Å². The highest BCUT2D eigenvalue weighted by Crippen LogP contribution is 2.18. The van der Waals surface area contributed by atoms with Crippen LogP contribution in [0.4, 0.5) is 15.8 Å². The van der Waals surface area contributed by atoms with Crippen molar-refractivity contribution in [2.45, 2.75) is 4.90 Å². The summed E-state index contributed by atoms with van der Waals surface area (Å²) in [4.78, 5) is 12.1. The molecule has 0 saturated heterocycles. The number of carbonyl (C=O) groups is 1. The van der Waals surface area contributed by atoms with Crippen molar-refractivity contribution in [1.29, 1.82) is 0 Å². The van der Waals surface area contributed by atoms with Crippen LogP contribution in [-0.4, -0.2) is 19.4 Å². The third kappa shape index (κ3) is 5.59. The van der Waals surface area contributed by atoms with Gasteiger partial charge in [-0.05, 0) is 72.9 Å². The lowest BCUT2D eigenvalue weighted by molar-refractivity contribution is 0.0977. The Kier molecular flexibility index (Phi) is 6.20. The minimum absolute atomic E-state index is 0.0253. The van der Waals surface area contributed by atoms with E-state index in [0.717, 1.165) is 0 Å². The molecule has 0 aliphatic carbocycles. The van der Waals surface area contributed by atoms with Crippen LogP contribution in [0.15, 0.2) is 83.8 Å². The molecular weight excluding hydrogens is 413 g/mol. The van der Waals surface area contributed by atoms with E-state index in [0.29, 0.717) is 11.4 Å². The molecule has 0 spiro atoms. The third-order valence-electron chi connectivity index (χ3n) is 3.78. The maximum Gasteiger partial charge on any atom is 0.261 e. The van der Waals surface area contributed by atoms with E-state index < -0.39 is 21.7 Å². The number of anilines is 2. The summed E-state index contributed by atoms with van der Waals surface area (Å²) in [5, 5.41) is 5.29. The minimum atomic E-state index is -3.73. The summed E-state index contributed by atoms with van der Waals surface area (Å²) in [5.41, 5.74) is 1.21. The van der Waals surface area contributed by atoms with Crippen molar-refractivity contribution < 1.29 is 17.6 Å². The quantitative estimate of drug-likeness (QED) is 0.538. The maximum atomic E-state index is 12.9. The first-order valence-electron chi connectivity index (χ1n) is 8.39. The van der Waals surface area contributed by atoms with E-state index in [1.807, 2.05) is 0 Å². The highest BCUT2D eigenvalue weighted by molar-refractivity contribution is 7.92. The van der Waals surface area contributed by atoms with Gasteiger partial charge < -0.3 is 5.32 Å². The van der Waals surface area contributed by atoms with Crippen molar-refractivity contribution in [2.75, 3.05) is 10.0 Å². The second kappa shape index (κ2) is 8.80. The van der Waals surface area contributed by atoms with Gasteiger partial charge in [-0.1, -0.05) is 18.2 Å². The van der Waals surface area contributed by atoms with Gasteiger partial charge >= 0.3 is 0 Å². The Morgan fingerprint density at radius 1 is 0.828 bits per heavy atom. The molecule has 3 aromatic rings. The molecule has 0 aromatic heterocycles. The van der Waals surface area contributed by atoms with E-state index in [9.17, 15) is 17.6 Å². The second-order valence-corrected chi connectivity index (χ2v) is 8.00. The zero-order valence-corrected chi connectivity index (χ0v) is 16.6. The zero-order valence-electron chi connectivity index (χ0n) is 14.9. The molecule has 9 heteroatoms. The Labute approximate surface area is 172 Å². The van der Waals surface area contributed by atoms with Crippen LogP contribution in [0.2, 0.25) is 0 Å². The molecule has 0 fully saturated rings. The SMILES string of the molecule is O=C(NC(=S)Nc1ccc(S(=O)(=O)Nc2ccccc2)cc1)c1ccc(F)cc1. The van der Waals surface area contributed by atoms with E-state index in [1.54, 1.807) is 30.3 Å². The number of rotatable bonds is 5. The Bertz CT molecular complexity index is 1120. The van der Waals surface area contributed by atoms with E-state index in [2.05, 4.69) is 15.4 Å². The van der Waals surface area contributed by atoms with E-state index in [-0.39, 0.29) is 15.6 Å². The molecule has 1 amide bonds. The molecule has 0 bridgehead atoms. The van der Waals surface area contributed by atoms with Crippen molar-refractivity contribution >= 4 is 44.6 Å². The number of hydrogen-bond acceptors (Lipinski definition) is 4. The molecule has 148 valence electrons. The van der Waals surface area contributed by atoms with E-state index >= 15 is 0 Å². The monoisotopic (exact) mass is 429 g/mol. The molecule has 6 nitrogen and oxygen atoms in total. The number of thiocarbonyl (C=S) groups is 1. The molecule has 0 saturated carbocycles. The first-order valence-corrected chi connectivity index (χ1v) is 10.3. The number of halogens is 1. The van der Waals surface area contributed by atoms with Crippen molar-refractivity contribution in [2.24, 2.45) is 0 Å². The second-order valence-electron chi connectivity index (χ2n) is 5.91. The van der Waals surface area contributed by atoms with Gasteiger partial charge in [0.05, 0.1) is 4.90 Å². The predicted octanol–water partition coefficient (Wildman–Crippen LogP) is 3.75. The molecule has 3 N–H and O–H groups in total. The first kappa shape index (κ1) is 20.4. The van der Waals surface area contributed by atoms with Crippen molar-refractivity contribution in [3.05, 3.63) is 90.2 Å². The van der Waals surface area contributed by atoms with Gasteiger partial charge in [-0.2, -0.15) is 0 Å². The van der Waals surface area contributed by atoms with Crippen LogP contribution in [0.25, 0.3) is 0 Å². The summed E-state index contributed by atoms with van der Waals surface area (Å²) in [6.07, 6.45) is 0. The average molecular weight is 429 g/mol. The fourth-order valence-corrected chi connectivity index (χ4v) is 3.65. The smallest absolute Gasteiger partial charge is 0.261 e. The van der Waals surface area contributed by atoms with Crippen LogP contribution in [0.3, 0.4) is 0 Å². The van der Waals surface area contributed by atoms with Gasteiger partial charge in [0.15, 0.2) is 5.11 Å². The number of amides is 1. The van der Waals surface area contributed by atoms with Gasteiger partial charge in [-0.15, -0.1) is 0 Å². The Hall–Kier alpha value is -3.30. The Morgan fingerprint density at radius 3 is 2.07 bits per heavy atom. The highest BCUT2D eigenvalue weighted by Gasteiger charge is 2.14. The fourth-order valence-electron chi connectivity index (χ4n) is 2.38. The summed E-state index contributed by atoms with van der Waals surface area (Å²) < 4.78 is 40.2. The van der Waals surface area contributed by atoms with Gasteiger partial charge in [0.1, 0.15) is 5.82 Å². The Balaban J connectivity index is 1.62.